The van der Waals surface area contributed by atoms with Crippen LogP contribution in [-0.4, -0.2) is 29.2 Å². The maximum atomic E-state index is 9.95. The van der Waals surface area contributed by atoms with E-state index in [1.165, 1.54) is 0 Å². The maximum absolute atomic E-state index is 9.95. The van der Waals surface area contributed by atoms with E-state index in [0.717, 1.165) is 30.8 Å². The lowest BCUT2D eigenvalue weighted by atomic mass is 10.0. The van der Waals surface area contributed by atoms with E-state index < -0.39 is 0 Å². The molecule has 0 saturated carbocycles. The van der Waals surface area contributed by atoms with Crippen molar-refractivity contribution in [3.8, 4) is 0 Å². The van der Waals surface area contributed by atoms with E-state index in [1.807, 2.05) is 24.3 Å². The van der Waals surface area contributed by atoms with Crippen molar-refractivity contribution in [1.29, 1.82) is 0 Å². The normalized spacial score (nSPS) is 27.1. The van der Waals surface area contributed by atoms with Crippen molar-refractivity contribution in [1.82, 2.24) is 4.90 Å². The van der Waals surface area contributed by atoms with Crippen LogP contribution in [0.2, 0.25) is 0 Å². The molecule has 0 amide bonds. The average Bonchev–Trinajstić information content (AvgIpc) is 2.59. The minimum atomic E-state index is -0.258. The lowest BCUT2D eigenvalue weighted by Crippen LogP contribution is -2.27. The van der Waals surface area contributed by atoms with Crippen molar-refractivity contribution in [3.05, 3.63) is 29.8 Å². The van der Waals surface area contributed by atoms with Gasteiger partial charge >= 0.3 is 0 Å². The van der Waals surface area contributed by atoms with E-state index >= 15 is 0 Å². The number of aliphatic hydroxyl groups is 1. The van der Waals surface area contributed by atoms with E-state index in [0.29, 0.717) is 0 Å². The molecule has 1 aliphatic heterocycles. The highest BCUT2D eigenvalue weighted by Gasteiger charge is 2.32. The molecule has 3 N–H and O–H groups in total. The second-order valence-corrected chi connectivity index (χ2v) is 4.10. The fourth-order valence-electron chi connectivity index (χ4n) is 2.37. The van der Waals surface area contributed by atoms with E-state index in [1.54, 1.807) is 0 Å². The average molecular weight is 206 g/mol. The number of nitrogens with two attached hydrogens (primary N) is 1. The number of anilines is 1. The second kappa shape index (κ2) is 4.21. The SMILES string of the molecule is CCN1CCC(O)C1c1cccc(N)c1. The molecule has 1 saturated heterocycles. The molecule has 15 heavy (non-hydrogen) atoms. The number of nitrogen functional groups attached to an aromatic ring is 1. The highest BCUT2D eigenvalue weighted by Crippen LogP contribution is 2.32. The number of rotatable bonds is 2. The smallest absolute Gasteiger partial charge is 0.0749 e. The number of likely N-dealkylation sites (N-methyl/N-ethyl adjacent to an activating group) is 1. The summed E-state index contributed by atoms with van der Waals surface area (Å²) in [4.78, 5) is 2.29. The van der Waals surface area contributed by atoms with Gasteiger partial charge in [-0.3, -0.25) is 4.90 Å². The molecule has 1 heterocycles. The quantitative estimate of drug-likeness (QED) is 0.719. The van der Waals surface area contributed by atoms with Gasteiger partial charge in [0.25, 0.3) is 0 Å². The summed E-state index contributed by atoms with van der Waals surface area (Å²) in [7, 11) is 0. The monoisotopic (exact) mass is 206 g/mol. The molecule has 3 nitrogen and oxygen atoms in total. The molecule has 2 unspecified atom stereocenters. The summed E-state index contributed by atoms with van der Waals surface area (Å²) in [5, 5.41) is 9.95. The fraction of sp³-hybridized carbons (Fsp3) is 0.500. The van der Waals surface area contributed by atoms with Crippen LogP contribution < -0.4 is 5.73 Å². The first-order valence-corrected chi connectivity index (χ1v) is 5.50. The summed E-state index contributed by atoms with van der Waals surface area (Å²) in [6.45, 7) is 4.06. The summed E-state index contributed by atoms with van der Waals surface area (Å²) in [5.41, 5.74) is 7.65. The first-order chi connectivity index (χ1) is 7.22. The van der Waals surface area contributed by atoms with Gasteiger partial charge in [0, 0.05) is 12.2 Å². The summed E-state index contributed by atoms with van der Waals surface area (Å²) >= 11 is 0. The van der Waals surface area contributed by atoms with Crippen LogP contribution in [0.5, 0.6) is 0 Å². The minimum absolute atomic E-state index is 0.124. The predicted molar refractivity (Wildman–Crippen MR) is 61.5 cm³/mol. The highest BCUT2D eigenvalue weighted by atomic mass is 16.3. The van der Waals surface area contributed by atoms with Gasteiger partial charge in [-0.1, -0.05) is 19.1 Å². The Morgan fingerprint density at radius 2 is 2.33 bits per heavy atom. The number of likely N-dealkylation sites (tertiary alicyclic amines) is 1. The molecule has 0 spiro atoms. The molecule has 0 aliphatic carbocycles. The summed E-state index contributed by atoms with van der Waals surface area (Å²) in [6.07, 6.45) is 0.597. The van der Waals surface area contributed by atoms with Gasteiger partial charge in [0.15, 0.2) is 0 Å². The molecular weight excluding hydrogens is 188 g/mol. The van der Waals surface area contributed by atoms with Gasteiger partial charge in [-0.2, -0.15) is 0 Å². The summed E-state index contributed by atoms with van der Waals surface area (Å²) in [6, 6.07) is 7.95. The Morgan fingerprint density at radius 1 is 1.53 bits per heavy atom. The number of hydrogen-bond donors (Lipinski definition) is 2. The molecule has 0 aromatic heterocycles. The topological polar surface area (TPSA) is 49.5 Å². The summed E-state index contributed by atoms with van der Waals surface area (Å²) < 4.78 is 0. The Morgan fingerprint density at radius 3 is 3.00 bits per heavy atom. The van der Waals surface area contributed by atoms with Crippen molar-refractivity contribution in [2.45, 2.75) is 25.5 Å². The van der Waals surface area contributed by atoms with Crippen molar-refractivity contribution < 1.29 is 5.11 Å². The standard InChI is InChI=1S/C12H18N2O/c1-2-14-7-6-11(15)12(14)9-4-3-5-10(13)8-9/h3-5,8,11-12,15H,2,6-7,13H2,1H3. The van der Waals surface area contributed by atoms with Crippen LogP contribution in [0.15, 0.2) is 24.3 Å². The van der Waals surface area contributed by atoms with Gasteiger partial charge in [0.1, 0.15) is 0 Å². The van der Waals surface area contributed by atoms with Gasteiger partial charge in [0.2, 0.25) is 0 Å². The number of nitrogens with zero attached hydrogens (tertiary/aromatic N) is 1. The van der Waals surface area contributed by atoms with Gasteiger partial charge in [-0.15, -0.1) is 0 Å². The molecule has 2 atom stereocenters. The zero-order valence-electron chi connectivity index (χ0n) is 9.06. The van der Waals surface area contributed by atoms with Crippen LogP contribution in [0.3, 0.4) is 0 Å². The lowest BCUT2D eigenvalue weighted by Gasteiger charge is -2.25. The first kappa shape index (κ1) is 10.5. The number of hydrogen-bond acceptors (Lipinski definition) is 3. The Hall–Kier alpha value is -1.06. The van der Waals surface area contributed by atoms with E-state index in [9.17, 15) is 5.11 Å². The van der Waals surface area contributed by atoms with Gasteiger partial charge in [-0.25, -0.2) is 0 Å². The summed E-state index contributed by atoms with van der Waals surface area (Å²) in [5.74, 6) is 0. The molecule has 2 rings (SSSR count). The zero-order chi connectivity index (χ0) is 10.8. The first-order valence-electron chi connectivity index (χ1n) is 5.50. The predicted octanol–water partition coefficient (Wildman–Crippen LogP) is 1.40. The second-order valence-electron chi connectivity index (χ2n) is 4.10. The van der Waals surface area contributed by atoms with Crippen LogP contribution in [0, 0.1) is 0 Å². The lowest BCUT2D eigenvalue weighted by molar-refractivity contribution is 0.119. The Kier molecular flexibility index (Phi) is 2.93. The Labute approximate surface area is 90.5 Å². The maximum Gasteiger partial charge on any atom is 0.0749 e. The molecular formula is C12H18N2O. The van der Waals surface area contributed by atoms with E-state index in [4.69, 9.17) is 5.73 Å². The van der Waals surface area contributed by atoms with Crippen molar-refractivity contribution in [3.63, 3.8) is 0 Å². The third-order valence-electron chi connectivity index (χ3n) is 3.13. The number of aliphatic hydroxyl groups excluding tert-OH is 1. The van der Waals surface area contributed by atoms with Crippen LogP contribution in [0.4, 0.5) is 5.69 Å². The molecule has 1 aromatic rings. The van der Waals surface area contributed by atoms with Crippen LogP contribution in [0.25, 0.3) is 0 Å². The van der Waals surface area contributed by atoms with Crippen molar-refractivity contribution in [2.24, 2.45) is 0 Å². The van der Waals surface area contributed by atoms with Gasteiger partial charge in [-0.05, 0) is 30.7 Å². The third-order valence-corrected chi connectivity index (χ3v) is 3.13. The zero-order valence-corrected chi connectivity index (χ0v) is 9.06. The third kappa shape index (κ3) is 1.98. The Balaban J connectivity index is 2.28. The minimum Gasteiger partial charge on any atom is -0.399 e. The largest absolute Gasteiger partial charge is 0.399 e. The highest BCUT2D eigenvalue weighted by molar-refractivity contribution is 5.42. The van der Waals surface area contributed by atoms with Crippen LogP contribution >= 0.6 is 0 Å². The van der Waals surface area contributed by atoms with Crippen LogP contribution in [0.1, 0.15) is 24.9 Å². The molecule has 3 heteroatoms. The van der Waals surface area contributed by atoms with Crippen molar-refractivity contribution >= 4 is 5.69 Å². The number of benzene rings is 1. The molecule has 1 aromatic carbocycles. The van der Waals surface area contributed by atoms with E-state index in [-0.39, 0.29) is 12.1 Å². The van der Waals surface area contributed by atoms with Gasteiger partial charge in [0.05, 0.1) is 12.1 Å². The molecule has 0 radical (unpaired) electrons. The molecule has 1 fully saturated rings. The molecule has 82 valence electrons. The molecule has 1 aliphatic rings. The van der Waals surface area contributed by atoms with Gasteiger partial charge < -0.3 is 10.8 Å². The Bertz CT molecular complexity index is 340. The van der Waals surface area contributed by atoms with Crippen LogP contribution in [-0.2, 0) is 0 Å². The van der Waals surface area contributed by atoms with Crippen molar-refractivity contribution in [2.75, 3.05) is 18.8 Å². The van der Waals surface area contributed by atoms with E-state index in [2.05, 4.69) is 11.8 Å². The fourth-order valence-corrected chi connectivity index (χ4v) is 2.37. The molecule has 0 bridgehead atoms.